The van der Waals surface area contributed by atoms with Crippen molar-refractivity contribution in [2.45, 2.75) is 78.1 Å². The van der Waals surface area contributed by atoms with Crippen molar-refractivity contribution >= 4 is 12.2 Å². The van der Waals surface area contributed by atoms with E-state index in [4.69, 9.17) is 0 Å². The molecule has 0 spiro atoms. The van der Waals surface area contributed by atoms with Crippen LogP contribution in [0.4, 0.5) is 0 Å². The van der Waals surface area contributed by atoms with E-state index in [0.717, 1.165) is 0 Å². The Bertz CT molecular complexity index is 738. The van der Waals surface area contributed by atoms with Crippen molar-refractivity contribution in [1.29, 1.82) is 0 Å². The summed E-state index contributed by atoms with van der Waals surface area (Å²) < 4.78 is 0. The minimum atomic E-state index is 1.19. The summed E-state index contributed by atoms with van der Waals surface area (Å²) in [5, 5.41) is 0. The molecular weight excluding hydrogens is 360 g/mol. The van der Waals surface area contributed by atoms with Gasteiger partial charge in [0.05, 0.1) is 0 Å². The quantitative estimate of drug-likeness (QED) is 0.248. The summed E-state index contributed by atoms with van der Waals surface area (Å²) in [6.45, 7) is 4.51. The molecule has 158 valence electrons. The van der Waals surface area contributed by atoms with Crippen LogP contribution in [-0.2, 0) is 12.8 Å². The SMILES string of the molecule is CCCCCCc1ccc(/C=C/C#C/C=C/c2ccc(CCCCCC)cc2)cc1. The van der Waals surface area contributed by atoms with Crippen molar-refractivity contribution in [1.82, 2.24) is 0 Å². The Labute approximate surface area is 185 Å². The molecule has 2 aromatic carbocycles. The third-order valence-electron chi connectivity index (χ3n) is 5.40. The molecule has 30 heavy (non-hydrogen) atoms. The molecule has 0 heteroatoms. The Morgan fingerprint density at radius 2 is 0.933 bits per heavy atom. The highest BCUT2D eigenvalue weighted by atomic mass is 14.0. The average Bonchev–Trinajstić information content (AvgIpc) is 2.78. The normalized spacial score (nSPS) is 11.1. The van der Waals surface area contributed by atoms with E-state index in [0.29, 0.717) is 0 Å². The lowest BCUT2D eigenvalue weighted by Crippen LogP contribution is -1.85. The minimum absolute atomic E-state index is 1.19. The fourth-order valence-corrected chi connectivity index (χ4v) is 3.47. The van der Waals surface area contributed by atoms with Gasteiger partial charge in [-0.15, -0.1) is 0 Å². The second-order valence-electron chi connectivity index (χ2n) is 8.06. The van der Waals surface area contributed by atoms with Crippen LogP contribution in [0.5, 0.6) is 0 Å². The standard InChI is InChI=1S/C30H38/c1-3-5-7-11-15-27-19-23-29(24-20-27)17-13-9-10-14-18-30-25-21-28(22-26-30)16-12-8-6-4-2/h13-14,17-26H,3-8,11-12,15-16H2,1-2H3/b17-13+,18-14+. The fraction of sp³-hybridized carbons (Fsp3) is 0.400. The second kappa shape index (κ2) is 15.3. The Kier molecular flexibility index (Phi) is 12.1. The third kappa shape index (κ3) is 10.3. The average molecular weight is 399 g/mol. The van der Waals surface area contributed by atoms with Crippen LogP contribution in [0, 0.1) is 11.8 Å². The molecule has 0 bridgehead atoms. The van der Waals surface area contributed by atoms with Gasteiger partial charge >= 0.3 is 0 Å². The number of benzene rings is 2. The van der Waals surface area contributed by atoms with E-state index >= 15 is 0 Å². The van der Waals surface area contributed by atoms with Crippen molar-refractivity contribution in [3.05, 3.63) is 82.9 Å². The summed E-state index contributed by atoms with van der Waals surface area (Å²) in [4.78, 5) is 0. The van der Waals surface area contributed by atoms with Gasteiger partial charge in [0.25, 0.3) is 0 Å². The molecule has 0 fully saturated rings. The minimum Gasteiger partial charge on any atom is -0.0702 e. The van der Waals surface area contributed by atoms with Gasteiger partial charge < -0.3 is 0 Å². The van der Waals surface area contributed by atoms with Gasteiger partial charge in [0.15, 0.2) is 0 Å². The molecule has 0 aliphatic rings. The first-order valence-electron chi connectivity index (χ1n) is 11.8. The van der Waals surface area contributed by atoms with Gasteiger partial charge in [0, 0.05) is 0 Å². The summed E-state index contributed by atoms with van der Waals surface area (Å²) in [6.07, 6.45) is 20.9. The highest BCUT2D eigenvalue weighted by Crippen LogP contribution is 2.12. The molecule has 0 aliphatic carbocycles. The molecule has 0 aromatic heterocycles. The molecule has 2 aromatic rings. The lowest BCUT2D eigenvalue weighted by molar-refractivity contribution is 0.667. The van der Waals surface area contributed by atoms with Crippen molar-refractivity contribution in [2.75, 3.05) is 0 Å². The zero-order valence-corrected chi connectivity index (χ0v) is 19.0. The first-order valence-corrected chi connectivity index (χ1v) is 11.8. The van der Waals surface area contributed by atoms with Crippen LogP contribution in [0.25, 0.3) is 12.2 Å². The summed E-state index contributed by atoms with van der Waals surface area (Å²) in [7, 11) is 0. The van der Waals surface area contributed by atoms with Crippen molar-refractivity contribution in [3.63, 3.8) is 0 Å². The molecule has 0 heterocycles. The number of hydrogen-bond donors (Lipinski definition) is 0. The van der Waals surface area contributed by atoms with Gasteiger partial charge in [-0.1, -0.05) is 113 Å². The number of aryl methyl sites for hydroxylation is 2. The van der Waals surface area contributed by atoms with Crippen LogP contribution < -0.4 is 0 Å². The van der Waals surface area contributed by atoms with Crippen molar-refractivity contribution in [2.24, 2.45) is 0 Å². The Morgan fingerprint density at radius 1 is 0.533 bits per heavy atom. The first kappa shape index (κ1) is 23.8. The van der Waals surface area contributed by atoms with Crippen LogP contribution in [-0.4, -0.2) is 0 Å². The van der Waals surface area contributed by atoms with E-state index in [1.54, 1.807) is 0 Å². The molecule has 0 saturated heterocycles. The van der Waals surface area contributed by atoms with E-state index in [-0.39, 0.29) is 0 Å². The maximum atomic E-state index is 3.10. The maximum absolute atomic E-state index is 3.10. The van der Waals surface area contributed by atoms with E-state index in [1.807, 2.05) is 12.2 Å². The highest BCUT2D eigenvalue weighted by molar-refractivity contribution is 5.56. The summed E-state index contributed by atoms with van der Waals surface area (Å²) in [5.41, 5.74) is 5.29. The Balaban J connectivity index is 1.73. The van der Waals surface area contributed by atoms with E-state index in [2.05, 4.69) is 86.4 Å². The van der Waals surface area contributed by atoms with Crippen LogP contribution in [0.3, 0.4) is 0 Å². The van der Waals surface area contributed by atoms with Gasteiger partial charge in [0.1, 0.15) is 0 Å². The Morgan fingerprint density at radius 3 is 1.30 bits per heavy atom. The maximum Gasteiger partial charge on any atom is -0.0109 e. The van der Waals surface area contributed by atoms with E-state index in [9.17, 15) is 0 Å². The van der Waals surface area contributed by atoms with Crippen molar-refractivity contribution in [3.8, 4) is 11.8 Å². The molecule has 0 unspecified atom stereocenters. The second-order valence-corrected chi connectivity index (χ2v) is 8.06. The monoisotopic (exact) mass is 398 g/mol. The van der Waals surface area contributed by atoms with Crippen LogP contribution in [0.2, 0.25) is 0 Å². The van der Waals surface area contributed by atoms with Crippen molar-refractivity contribution < 1.29 is 0 Å². The molecule has 0 saturated carbocycles. The Hall–Kier alpha value is -2.52. The number of unbranched alkanes of at least 4 members (excludes halogenated alkanes) is 6. The lowest BCUT2D eigenvalue weighted by atomic mass is 10.0. The van der Waals surface area contributed by atoms with E-state index < -0.39 is 0 Å². The van der Waals surface area contributed by atoms with Crippen LogP contribution in [0.1, 0.15) is 87.5 Å². The molecule has 0 aliphatic heterocycles. The predicted octanol–water partition coefficient (Wildman–Crippen LogP) is 8.66. The number of rotatable bonds is 12. The highest BCUT2D eigenvalue weighted by Gasteiger charge is 1.94. The molecular formula is C30H38. The summed E-state index contributed by atoms with van der Waals surface area (Å²) in [5.74, 6) is 6.20. The topological polar surface area (TPSA) is 0 Å². The smallest absolute Gasteiger partial charge is 0.0109 e. The van der Waals surface area contributed by atoms with Crippen LogP contribution in [0.15, 0.2) is 60.7 Å². The van der Waals surface area contributed by atoms with Gasteiger partial charge in [0.2, 0.25) is 0 Å². The van der Waals surface area contributed by atoms with Gasteiger partial charge in [-0.3, -0.25) is 0 Å². The molecule has 0 amide bonds. The molecule has 0 nitrogen and oxygen atoms in total. The third-order valence-corrected chi connectivity index (χ3v) is 5.40. The first-order chi connectivity index (χ1) is 14.8. The van der Waals surface area contributed by atoms with Gasteiger partial charge in [-0.2, -0.15) is 0 Å². The van der Waals surface area contributed by atoms with Crippen LogP contribution >= 0.6 is 0 Å². The molecule has 0 atom stereocenters. The summed E-state index contributed by atoms with van der Waals surface area (Å²) >= 11 is 0. The lowest BCUT2D eigenvalue weighted by Gasteiger charge is -2.01. The predicted molar refractivity (Wildman–Crippen MR) is 134 cm³/mol. The van der Waals surface area contributed by atoms with E-state index in [1.165, 1.54) is 86.5 Å². The fourth-order valence-electron chi connectivity index (χ4n) is 3.47. The number of hydrogen-bond acceptors (Lipinski definition) is 0. The van der Waals surface area contributed by atoms with Gasteiger partial charge in [-0.05, 0) is 72.2 Å². The number of allylic oxidation sites excluding steroid dienone is 2. The van der Waals surface area contributed by atoms with Gasteiger partial charge in [-0.25, -0.2) is 0 Å². The molecule has 2 rings (SSSR count). The molecule has 0 radical (unpaired) electrons. The zero-order chi connectivity index (χ0) is 21.3. The largest absolute Gasteiger partial charge is 0.0702 e. The summed E-state index contributed by atoms with van der Waals surface area (Å²) in [6, 6.07) is 17.7. The zero-order valence-electron chi connectivity index (χ0n) is 19.0. The molecule has 0 N–H and O–H groups in total.